The number of aromatic nitrogens is 3. The van der Waals surface area contributed by atoms with E-state index in [-0.39, 0.29) is 24.1 Å². The number of urea groups is 1. The van der Waals surface area contributed by atoms with E-state index in [0.717, 1.165) is 50.1 Å². The van der Waals surface area contributed by atoms with Crippen LogP contribution in [0.25, 0.3) is 5.69 Å². The van der Waals surface area contributed by atoms with Gasteiger partial charge in [0.15, 0.2) is 0 Å². The van der Waals surface area contributed by atoms with Crippen molar-refractivity contribution in [3.05, 3.63) is 135 Å². The molecule has 3 N–H and O–H groups in total. The average molecular weight is 635 g/mol. The molecule has 0 aliphatic heterocycles. The summed E-state index contributed by atoms with van der Waals surface area (Å²) >= 11 is 0. The van der Waals surface area contributed by atoms with Crippen LogP contribution in [0.2, 0.25) is 0 Å². The SMILES string of the molecule is COc1cccc(Cn2c(C)cc(OCc3ccccc3CN(N)C(=O)Nc3cc(C(C)(C)C)nn3-c3cccc(C)c3)cc2=O)c1. The Balaban J connectivity index is 1.28. The quantitative estimate of drug-likeness (QED) is 0.103. The lowest BCUT2D eigenvalue weighted by Crippen LogP contribution is -2.40. The van der Waals surface area contributed by atoms with Crippen molar-refractivity contribution in [2.45, 2.75) is 59.7 Å². The predicted molar refractivity (Wildman–Crippen MR) is 184 cm³/mol. The van der Waals surface area contributed by atoms with Crippen LogP contribution in [0.4, 0.5) is 10.6 Å². The van der Waals surface area contributed by atoms with Crippen LogP contribution in [0.15, 0.2) is 95.8 Å². The number of hydrogen-bond donors (Lipinski definition) is 2. The van der Waals surface area contributed by atoms with Gasteiger partial charge in [-0.15, -0.1) is 0 Å². The predicted octanol–water partition coefficient (Wildman–Crippen LogP) is 6.49. The molecule has 5 aromatic rings. The van der Waals surface area contributed by atoms with Crippen molar-refractivity contribution in [3.8, 4) is 17.2 Å². The van der Waals surface area contributed by atoms with Gasteiger partial charge in [0.25, 0.3) is 5.56 Å². The highest BCUT2D eigenvalue weighted by Crippen LogP contribution is 2.27. The molecule has 47 heavy (non-hydrogen) atoms. The van der Waals surface area contributed by atoms with Gasteiger partial charge >= 0.3 is 6.03 Å². The summed E-state index contributed by atoms with van der Waals surface area (Å²) in [7, 11) is 1.62. The molecule has 0 unspecified atom stereocenters. The van der Waals surface area contributed by atoms with Crippen molar-refractivity contribution in [3.63, 3.8) is 0 Å². The highest BCUT2D eigenvalue weighted by molar-refractivity contribution is 5.88. The molecule has 0 aliphatic rings. The fourth-order valence-corrected chi connectivity index (χ4v) is 5.18. The van der Waals surface area contributed by atoms with E-state index in [4.69, 9.17) is 20.4 Å². The average Bonchev–Trinajstić information content (AvgIpc) is 3.47. The Hall–Kier alpha value is -5.35. The number of aryl methyl sites for hydroxylation is 2. The summed E-state index contributed by atoms with van der Waals surface area (Å²) in [6.07, 6.45) is 0. The Morgan fingerprint density at radius 3 is 2.36 bits per heavy atom. The molecule has 0 saturated carbocycles. The number of anilines is 1. The van der Waals surface area contributed by atoms with E-state index in [0.29, 0.717) is 18.1 Å². The van der Waals surface area contributed by atoms with Crippen molar-refractivity contribution in [1.82, 2.24) is 19.4 Å². The van der Waals surface area contributed by atoms with Gasteiger partial charge in [-0.25, -0.2) is 15.3 Å². The van der Waals surface area contributed by atoms with Gasteiger partial charge in [0.1, 0.15) is 23.9 Å². The van der Waals surface area contributed by atoms with Gasteiger partial charge in [-0.2, -0.15) is 5.10 Å². The molecule has 10 heteroatoms. The van der Waals surface area contributed by atoms with Gasteiger partial charge in [0, 0.05) is 23.2 Å². The number of carbonyl (C=O) groups is 1. The molecule has 0 bridgehead atoms. The number of ether oxygens (including phenoxy) is 2. The van der Waals surface area contributed by atoms with Crippen molar-refractivity contribution in [2.24, 2.45) is 5.84 Å². The number of hydrogen-bond acceptors (Lipinski definition) is 6. The number of nitrogens with two attached hydrogens (primary N) is 1. The monoisotopic (exact) mass is 634 g/mol. The molecule has 0 fully saturated rings. The molecule has 0 saturated heterocycles. The van der Waals surface area contributed by atoms with Crippen LogP contribution in [0.5, 0.6) is 11.5 Å². The van der Waals surface area contributed by atoms with E-state index in [9.17, 15) is 9.59 Å². The Bertz CT molecular complexity index is 1940. The van der Waals surface area contributed by atoms with E-state index in [2.05, 4.69) is 26.1 Å². The molecule has 3 aromatic carbocycles. The van der Waals surface area contributed by atoms with Crippen molar-refractivity contribution in [1.29, 1.82) is 0 Å². The number of hydrazine groups is 1. The van der Waals surface area contributed by atoms with E-state index in [1.165, 1.54) is 6.07 Å². The number of rotatable bonds is 10. The number of pyridine rings is 1. The highest BCUT2D eigenvalue weighted by atomic mass is 16.5. The summed E-state index contributed by atoms with van der Waals surface area (Å²) < 4.78 is 14.8. The molecular formula is C37H42N6O4. The lowest BCUT2D eigenvalue weighted by Gasteiger charge is -2.20. The number of nitrogens with one attached hydrogen (secondary N) is 1. The van der Waals surface area contributed by atoms with Crippen LogP contribution in [0.1, 0.15) is 54.4 Å². The maximum Gasteiger partial charge on any atom is 0.337 e. The molecule has 5 rings (SSSR count). The standard InChI is InChI=1S/C37H42N6O4/c1-25-11-9-15-30(17-25)43-34(21-33(40-43)37(3,4)5)39-36(45)42(38)23-28-13-7-8-14-29(28)24-47-32-18-26(2)41(35(44)20-32)22-27-12-10-16-31(19-27)46-6/h7-21H,22-24,38H2,1-6H3,(H,39,45). The first kappa shape index (κ1) is 33.0. The number of carbonyl (C=O) groups excluding carboxylic acids is 1. The summed E-state index contributed by atoms with van der Waals surface area (Å²) in [6.45, 7) is 10.9. The summed E-state index contributed by atoms with van der Waals surface area (Å²) in [5.74, 6) is 8.04. The fraction of sp³-hybridized carbons (Fsp3) is 0.270. The molecule has 2 amide bonds. The normalized spacial score (nSPS) is 11.3. The first-order chi connectivity index (χ1) is 22.4. The zero-order valence-electron chi connectivity index (χ0n) is 27.8. The van der Waals surface area contributed by atoms with Gasteiger partial charge in [-0.3, -0.25) is 15.1 Å². The van der Waals surface area contributed by atoms with Gasteiger partial charge in [-0.1, -0.05) is 69.3 Å². The molecule has 0 radical (unpaired) electrons. The molecule has 2 heterocycles. The van der Waals surface area contributed by atoms with Gasteiger partial charge in [0.2, 0.25) is 0 Å². The first-order valence-electron chi connectivity index (χ1n) is 15.5. The number of amides is 2. The van der Waals surface area contributed by atoms with Gasteiger partial charge in [-0.05, 0) is 66.4 Å². The zero-order chi connectivity index (χ0) is 33.7. The van der Waals surface area contributed by atoms with Gasteiger partial charge in [0.05, 0.1) is 31.6 Å². The van der Waals surface area contributed by atoms with Crippen LogP contribution in [-0.4, -0.2) is 32.5 Å². The minimum Gasteiger partial charge on any atom is -0.497 e. The fourth-order valence-electron chi connectivity index (χ4n) is 5.18. The third kappa shape index (κ3) is 8.09. The summed E-state index contributed by atoms with van der Waals surface area (Å²) in [5.41, 5.74) is 5.75. The molecule has 0 atom stereocenters. The molecule has 244 valence electrons. The van der Waals surface area contributed by atoms with E-state index < -0.39 is 6.03 Å². The minimum absolute atomic E-state index is 0.136. The van der Waals surface area contributed by atoms with Crippen LogP contribution < -0.4 is 26.2 Å². The number of nitrogens with zero attached hydrogens (tertiary/aromatic N) is 4. The van der Waals surface area contributed by atoms with E-state index in [1.807, 2.05) is 98.8 Å². The first-order valence-corrected chi connectivity index (χ1v) is 15.5. The molecule has 2 aromatic heterocycles. The lowest BCUT2D eigenvalue weighted by atomic mass is 9.92. The molecule has 0 spiro atoms. The smallest absolute Gasteiger partial charge is 0.337 e. The third-order valence-electron chi connectivity index (χ3n) is 7.86. The lowest BCUT2D eigenvalue weighted by molar-refractivity contribution is 0.209. The number of methoxy groups -OCH3 is 1. The van der Waals surface area contributed by atoms with Crippen molar-refractivity contribution in [2.75, 3.05) is 12.4 Å². The van der Waals surface area contributed by atoms with Crippen LogP contribution in [-0.2, 0) is 25.1 Å². The summed E-state index contributed by atoms with van der Waals surface area (Å²) in [5, 5.41) is 8.88. The second-order valence-electron chi connectivity index (χ2n) is 12.6. The summed E-state index contributed by atoms with van der Waals surface area (Å²) in [4.78, 5) is 26.4. The summed E-state index contributed by atoms with van der Waals surface area (Å²) in [6, 6.07) is 27.9. The number of benzene rings is 3. The molecule has 10 nitrogen and oxygen atoms in total. The topological polar surface area (TPSA) is 117 Å². The third-order valence-corrected chi connectivity index (χ3v) is 7.86. The Morgan fingerprint density at radius 1 is 0.915 bits per heavy atom. The Kier molecular flexibility index (Phi) is 9.81. The zero-order valence-corrected chi connectivity index (χ0v) is 27.8. The maximum atomic E-state index is 13.4. The highest BCUT2D eigenvalue weighted by Gasteiger charge is 2.23. The van der Waals surface area contributed by atoms with Crippen molar-refractivity contribution < 1.29 is 14.3 Å². The second kappa shape index (κ2) is 14.0. The van der Waals surface area contributed by atoms with Crippen LogP contribution in [0.3, 0.4) is 0 Å². The van der Waals surface area contributed by atoms with Crippen LogP contribution >= 0.6 is 0 Å². The van der Waals surface area contributed by atoms with Crippen molar-refractivity contribution >= 4 is 11.8 Å². The Labute approximate surface area is 275 Å². The molecular weight excluding hydrogens is 592 g/mol. The second-order valence-corrected chi connectivity index (χ2v) is 12.6. The minimum atomic E-state index is -0.481. The van der Waals surface area contributed by atoms with Gasteiger partial charge < -0.3 is 14.0 Å². The Morgan fingerprint density at radius 2 is 1.66 bits per heavy atom. The maximum absolute atomic E-state index is 13.4. The van der Waals surface area contributed by atoms with E-state index >= 15 is 0 Å². The van der Waals surface area contributed by atoms with Crippen LogP contribution in [0, 0.1) is 13.8 Å². The largest absolute Gasteiger partial charge is 0.497 e. The van der Waals surface area contributed by atoms with E-state index in [1.54, 1.807) is 16.4 Å². The molecule has 0 aliphatic carbocycles.